The van der Waals surface area contributed by atoms with Crippen molar-refractivity contribution in [3.05, 3.63) is 34.6 Å². The van der Waals surface area contributed by atoms with Crippen molar-refractivity contribution >= 4 is 23.1 Å². The first-order valence-corrected chi connectivity index (χ1v) is 8.77. The highest BCUT2D eigenvalue weighted by Gasteiger charge is 2.28. The summed E-state index contributed by atoms with van der Waals surface area (Å²) in [6.07, 6.45) is 6.51. The van der Waals surface area contributed by atoms with Gasteiger partial charge in [0.15, 0.2) is 0 Å². The number of hydrogen-bond acceptors (Lipinski definition) is 9. The van der Waals surface area contributed by atoms with Crippen molar-refractivity contribution < 1.29 is 14.8 Å². The fraction of sp³-hybridized carbons (Fsp3) is 0.471. The lowest BCUT2D eigenvalue weighted by atomic mass is 9.85. The molecule has 3 rings (SSSR count). The van der Waals surface area contributed by atoms with Gasteiger partial charge < -0.3 is 20.5 Å². The van der Waals surface area contributed by atoms with E-state index in [0.29, 0.717) is 11.6 Å². The fourth-order valence-corrected chi connectivity index (χ4v) is 3.24. The summed E-state index contributed by atoms with van der Waals surface area (Å²) < 4.78 is 5.18. The molecule has 0 aliphatic heterocycles. The molecule has 27 heavy (non-hydrogen) atoms. The third kappa shape index (κ3) is 4.40. The minimum Gasteiger partial charge on any atom is -0.480 e. The third-order valence-electron chi connectivity index (χ3n) is 4.64. The number of nitrogens with one attached hydrogen (secondary N) is 2. The molecule has 1 aliphatic carbocycles. The molecule has 144 valence electrons. The van der Waals surface area contributed by atoms with Crippen LogP contribution in [0.2, 0.25) is 0 Å². The van der Waals surface area contributed by atoms with Gasteiger partial charge in [-0.1, -0.05) is 12.8 Å². The van der Waals surface area contributed by atoms with Gasteiger partial charge in [-0.2, -0.15) is 4.98 Å². The predicted molar refractivity (Wildman–Crippen MR) is 99.2 cm³/mol. The minimum atomic E-state index is -0.520. The van der Waals surface area contributed by atoms with Crippen LogP contribution in [-0.4, -0.2) is 44.7 Å². The van der Waals surface area contributed by atoms with Gasteiger partial charge in [0, 0.05) is 24.8 Å². The normalized spacial score (nSPS) is 19.3. The van der Waals surface area contributed by atoms with Gasteiger partial charge in [-0.05, 0) is 25.0 Å². The SMILES string of the molecule is COc1ncccc1Nc1ncc([N+](=O)[O-])c(N[C@H]2CCCC[C@H]2CO)n1. The average Bonchev–Trinajstić information content (AvgIpc) is 2.69. The summed E-state index contributed by atoms with van der Waals surface area (Å²) in [6.45, 7) is 0.0362. The van der Waals surface area contributed by atoms with E-state index in [1.165, 1.54) is 7.11 Å². The number of nitrogens with zero attached hydrogens (tertiary/aromatic N) is 4. The Morgan fingerprint density at radius 3 is 2.93 bits per heavy atom. The Morgan fingerprint density at radius 2 is 2.19 bits per heavy atom. The van der Waals surface area contributed by atoms with Crippen LogP contribution in [0.3, 0.4) is 0 Å². The van der Waals surface area contributed by atoms with Crippen molar-refractivity contribution in [3.63, 3.8) is 0 Å². The second-order valence-electron chi connectivity index (χ2n) is 6.35. The van der Waals surface area contributed by atoms with Crippen LogP contribution in [0.1, 0.15) is 25.7 Å². The zero-order chi connectivity index (χ0) is 19.2. The summed E-state index contributed by atoms with van der Waals surface area (Å²) in [6, 6.07) is 3.40. The standard InChI is InChI=1S/C17H22N6O4/c1-27-16-13(7-4-8-18-16)21-17-19-9-14(23(25)26)15(22-17)20-12-6-3-2-5-11(12)10-24/h4,7-9,11-12,24H,2-3,5-6,10H2,1H3,(H2,19,20,21,22)/t11-,12-/m0/s1. The molecule has 1 fully saturated rings. The van der Waals surface area contributed by atoms with Crippen LogP contribution >= 0.6 is 0 Å². The molecular formula is C17H22N6O4. The van der Waals surface area contributed by atoms with E-state index >= 15 is 0 Å². The van der Waals surface area contributed by atoms with E-state index in [9.17, 15) is 15.2 Å². The molecule has 0 saturated heterocycles. The summed E-state index contributed by atoms with van der Waals surface area (Å²) in [5.74, 6) is 0.723. The van der Waals surface area contributed by atoms with Crippen LogP contribution in [0, 0.1) is 16.0 Å². The number of rotatable bonds is 7. The second-order valence-corrected chi connectivity index (χ2v) is 6.35. The zero-order valence-corrected chi connectivity index (χ0v) is 15.0. The summed E-state index contributed by atoms with van der Waals surface area (Å²) in [7, 11) is 1.50. The molecule has 0 aromatic carbocycles. The van der Waals surface area contributed by atoms with E-state index < -0.39 is 4.92 Å². The lowest BCUT2D eigenvalue weighted by molar-refractivity contribution is -0.384. The molecule has 1 aliphatic rings. The van der Waals surface area contributed by atoms with Crippen LogP contribution in [0.4, 0.5) is 23.1 Å². The van der Waals surface area contributed by atoms with Crippen molar-refractivity contribution in [1.29, 1.82) is 0 Å². The summed E-state index contributed by atoms with van der Waals surface area (Å²) in [5.41, 5.74) is 0.340. The average molecular weight is 374 g/mol. The summed E-state index contributed by atoms with van der Waals surface area (Å²) in [5, 5.41) is 27.1. The van der Waals surface area contributed by atoms with Crippen molar-refractivity contribution in [2.75, 3.05) is 24.4 Å². The first-order chi connectivity index (χ1) is 13.1. The Balaban J connectivity index is 1.87. The number of ether oxygens (including phenoxy) is 1. The van der Waals surface area contributed by atoms with E-state index in [4.69, 9.17) is 4.74 Å². The van der Waals surface area contributed by atoms with Crippen molar-refractivity contribution in [2.45, 2.75) is 31.7 Å². The predicted octanol–water partition coefficient (Wildman–Crippen LogP) is 2.50. The first kappa shape index (κ1) is 18.8. The number of aromatic nitrogens is 3. The maximum atomic E-state index is 11.4. The van der Waals surface area contributed by atoms with Crippen LogP contribution in [0.5, 0.6) is 5.88 Å². The van der Waals surface area contributed by atoms with E-state index in [1.807, 2.05) is 0 Å². The Morgan fingerprint density at radius 1 is 1.37 bits per heavy atom. The summed E-state index contributed by atoms with van der Waals surface area (Å²) in [4.78, 5) is 23.2. The fourth-order valence-electron chi connectivity index (χ4n) is 3.24. The summed E-state index contributed by atoms with van der Waals surface area (Å²) >= 11 is 0. The topological polar surface area (TPSA) is 135 Å². The molecule has 0 spiro atoms. The molecule has 2 aromatic heterocycles. The first-order valence-electron chi connectivity index (χ1n) is 8.77. The van der Waals surface area contributed by atoms with Crippen LogP contribution in [-0.2, 0) is 0 Å². The minimum absolute atomic E-state index is 0.0362. The number of nitro groups is 1. The van der Waals surface area contributed by atoms with E-state index in [2.05, 4.69) is 25.6 Å². The Kier molecular flexibility index (Phi) is 5.97. The van der Waals surface area contributed by atoms with Crippen molar-refractivity contribution in [1.82, 2.24) is 15.0 Å². The quantitative estimate of drug-likeness (QED) is 0.493. The molecule has 10 nitrogen and oxygen atoms in total. The zero-order valence-electron chi connectivity index (χ0n) is 15.0. The molecule has 10 heteroatoms. The maximum Gasteiger partial charge on any atom is 0.329 e. The molecule has 2 atom stereocenters. The van der Waals surface area contributed by atoms with Gasteiger partial charge in [0.1, 0.15) is 11.9 Å². The van der Waals surface area contributed by atoms with E-state index in [1.54, 1.807) is 18.3 Å². The highest BCUT2D eigenvalue weighted by Crippen LogP contribution is 2.31. The van der Waals surface area contributed by atoms with Crippen LogP contribution in [0.25, 0.3) is 0 Å². The number of methoxy groups -OCH3 is 1. The van der Waals surface area contributed by atoms with Gasteiger partial charge in [-0.25, -0.2) is 9.97 Å². The van der Waals surface area contributed by atoms with Gasteiger partial charge >= 0.3 is 5.69 Å². The van der Waals surface area contributed by atoms with Crippen LogP contribution in [0.15, 0.2) is 24.5 Å². The molecule has 2 heterocycles. The number of aliphatic hydroxyl groups is 1. The highest BCUT2D eigenvalue weighted by atomic mass is 16.6. The lowest BCUT2D eigenvalue weighted by Gasteiger charge is -2.31. The molecule has 2 aromatic rings. The molecule has 0 bridgehead atoms. The number of hydrogen-bond donors (Lipinski definition) is 3. The molecule has 3 N–H and O–H groups in total. The highest BCUT2D eigenvalue weighted by molar-refractivity contribution is 5.63. The maximum absolute atomic E-state index is 11.4. The largest absolute Gasteiger partial charge is 0.480 e. The van der Waals surface area contributed by atoms with Gasteiger partial charge in [-0.3, -0.25) is 10.1 Å². The molecule has 0 unspecified atom stereocenters. The Hall–Kier alpha value is -3.01. The second kappa shape index (κ2) is 8.58. The molecule has 0 amide bonds. The molecule has 1 saturated carbocycles. The van der Waals surface area contributed by atoms with Crippen molar-refractivity contribution in [3.8, 4) is 5.88 Å². The number of aliphatic hydroxyl groups excluding tert-OH is 1. The smallest absolute Gasteiger partial charge is 0.329 e. The van der Waals surface area contributed by atoms with Crippen molar-refractivity contribution in [2.24, 2.45) is 5.92 Å². The Bertz CT molecular complexity index is 803. The lowest BCUT2D eigenvalue weighted by Crippen LogP contribution is -2.34. The monoisotopic (exact) mass is 374 g/mol. The van der Waals surface area contributed by atoms with E-state index in [0.717, 1.165) is 31.9 Å². The van der Waals surface area contributed by atoms with Crippen LogP contribution < -0.4 is 15.4 Å². The van der Waals surface area contributed by atoms with Gasteiger partial charge in [0.05, 0.1) is 12.0 Å². The van der Waals surface area contributed by atoms with Gasteiger partial charge in [0.25, 0.3) is 0 Å². The Labute approximate surface area is 156 Å². The van der Waals surface area contributed by atoms with Gasteiger partial charge in [0.2, 0.25) is 17.6 Å². The number of pyridine rings is 1. The molecular weight excluding hydrogens is 352 g/mol. The molecule has 0 radical (unpaired) electrons. The van der Waals surface area contributed by atoms with Gasteiger partial charge in [-0.15, -0.1) is 0 Å². The number of anilines is 3. The third-order valence-corrected chi connectivity index (χ3v) is 4.64. The van der Waals surface area contributed by atoms with E-state index in [-0.39, 0.29) is 36.0 Å².